The van der Waals surface area contributed by atoms with E-state index in [4.69, 9.17) is 10.8 Å². The van der Waals surface area contributed by atoms with Gasteiger partial charge in [0.05, 0.1) is 0 Å². The van der Waals surface area contributed by atoms with E-state index < -0.39 is 12.0 Å². The van der Waals surface area contributed by atoms with Gasteiger partial charge in [0.2, 0.25) is 0 Å². The maximum atomic E-state index is 11.0. The van der Waals surface area contributed by atoms with Gasteiger partial charge in [-0.25, -0.2) is 0 Å². The van der Waals surface area contributed by atoms with Crippen LogP contribution in [0, 0.1) is 0 Å². The quantitative estimate of drug-likeness (QED) is 0.685. The zero-order valence-corrected chi connectivity index (χ0v) is 13.4. The summed E-state index contributed by atoms with van der Waals surface area (Å²) >= 11 is 0. The summed E-state index contributed by atoms with van der Waals surface area (Å²) in [5.41, 5.74) is 9.78. The number of carbonyl (C=O) groups is 1. The number of hydrogen-bond donors (Lipinski definition) is 3. The van der Waals surface area contributed by atoms with Gasteiger partial charge in [-0.1, -0.05) is 56.3 Å². The number of fused-ring (bicyclic) bond motifs is 1. The fraction of sp³-hybridized carbons (Fsp3) is 0.211. The maximum absolute atomic E-state index is 11.0. The minimum atomic E-state index is -0.985. The molecule has 1 atom stereocenters. The third-order valence-corrected chi connectivity index (χ3v) is 3.63. The van der Waals surface area contributed by atoms with Gasteiger partial charge in [-0.2, -0.15) is 0 Å². The third kappa shape index (κ3) is 3.60. The van der Waals surface area contributed by atoms with Gasteiger partial charge in [-0.05, 0) is 22.8 Å². The number of aromatic nitrogens is 1. The van der Waals surface area contributed by atoms with Crippen LogP contribution in [0.25, 0.3) is 22.0 Å². The first-order chi connectivity index (χ1) is 11.2. The summed E-state index contributed by atoms with van der Waals surface area (Å²) in [6, 6.07) is 15.2. The van der Waals surface area contributed by atoms with E-state index in [-0.39, 0.29) is 0 Å². The van der Waals surface area contributed by atoms with Crippen LogP contribution >= 0.6 is 0 Å². The highest BCUT2D eigenvalue weighted by Crippen LogP contribution is 2.31. The van der Waals surface area contributed by atoms with Crippen molar-refractivity contribution in [3.05, 3.63) is 60.3 Å². The van der Waals surface area contributed by atoms with Gasteiger partial charge < -0.3 is 15.8 Å². The van der Waals surface area contributed by atoms with Crippen molar-refractivity contribution >= 4 is 16.9 Å². The lowest BCUT2D eigenvalue weighted by Crippen LogP contribution is -2.32. The number of rotatable bonds is 4. The highest BCUT2D eigenvalue weighted by atomic mass is 16.4. The average Bonchev–Trinajstić information content (AvgIpc) is 3.00. The summed E-state index contributed by atoms with van der Waals surface area (Å²) in [7, 11) is 0. The summed E-state index contributed by atoms with van der Waals surface area (Å²) in [6.07, 6.45) is 2.15. The van der Waals surface area contributed by atoms with Crippen molar-refractivity contribution in [1.29, 1.82) is 0 Å². The van der Waals surface area contributed by atoms with Gasteiger partial charge in [0.15, 0.2) is 0 Å². The molecule has 3 aromatic rings. The molecule has 0 saturated carbocycles. The molecule has 0 bridgehead atoms. The van der Waals surface area contributed by atoms with Gasteiger partial charge in [0.25, 0.3) is 0 Å². The summed E-state index contributed by atoms with van der Waals surface area (Å²) < 4.78 is 0. The summed E-state index contributed by atoms with van der Waals surface area (Å²) in [5, 5.41) is 10.0. The van der Waals surface area contributed by atoms with Crippen LogP contribution in [0.2, 0.25) is 0 Å². The molecule has 1 heterocycles. The SMILES string of the molecule is CC.NC(Cc1c[nH]c2cccc(-c3ccccc3)c12)C(=O)O. The molecular weight excluding hydrogens is 288 g/mol. The predicted molar refractivity (Wildman–Crippen MR) is 94.4 cm³/mol. The molecule has 4 heteroatoms. The van der Waals surface area contributed by atoms with Crippen LogP contribution in [0.15, 0.2) is 54.7 Å². The van der Waals surface area contributed by atoms with Gasteiger partial charge in [-0.15, -0.1) is 0 Å². The Bertz CT molecular complexity index is 778. The van der Waals surface area contributed by atoms with E-state index in [9.17, 15) is 4.79 Å². The van der Waals surface area contributed by atoms with E-state index in [0.29, 0.717) is 6.42 Å². The van der Waals surface area contributed by atoms with Crippen LogP contribution in [0.3, 0.4) is 0 Å². The number of aliphatic carboxylic acids is 1. The summed E-state index contributed by atoms with van der Waals surface area (Å²) in [6.45, 7) is 4.00. The Morgan fingerprint density at radius 2 is 1.83 bits per heavy atom. The Hall–Kier alpha value is -2.59. The van der Waals surface area contributed by atoms with Gasteiger partial charge >= 0.3 is 5.97 Å². The minimum absolute atomic E-state index is 0.305. The number of nitrogens with one attached hydrogen (secondary N) is 1. The normalized spacial score (nSPS) is 11.6. The smallest absolute Gasteiger partial charge is 0.320 e. The molecule has 0 aliphatic heterocycles. The predicted octanol–water partition coefficient (Wildman–Crippen LogP) is 3.82. The fourth-order valence-electron chi connectivity index (χ4n) is 2.60. The van der Waals surface area contributed by atoms with Crippen LogP contribution in [0.5, 0.6) is 0 Å². The van der Waals surface area contributed by atoms with Crippen LogP contribution < -0.4 is 5.73 Å². The minimum Gasteiger partial charge on any atom is -0.480 e. The van der Waals surface area contributed by atoms with E-state index in [0.717, 1.165) is 27.6 Å². The molecular formula is C19H22N2O2. The molecule has 120 valence electrons. The summed E-state index contributed by atoms with van der Waals surface area (Å²) in [4.78, 5) is 14.2. The zero-order chi connectivity index (χ0) is 16.8. The number of benzene rings is 2. The molecule has 1 aromatic heterocycles. The van der Waals surface area contributed by atoms with E-state index in [2.05, 4.69) is 4.98 Å². The van der Waals surface area contributed by atoms with Crippen molar-refractivity contribution in [1.82, 2.24) is 4.98 Å². The monoisotopic (exact) mass is 310 g/mol. The van der Waals surface area contributed by atoms with Crippen LogP contribution in [0.1, 0.15) is 19.4 Å². The lowest BCUT2D eigenvalue weighted by Gasteiger charge is -2.09. The topological polar surface area (TPSA) is 79.1 Å². The molecule has 4 nitrogen and oxygen atoms in total. The number of carboxylic acids is 1. The van der Waals surface area contributed by atoms with Crippen molar-refractivity contribution in [2.45, 2.75) is 26.3 Å². The zero-order valence-electron chi connectivity index (χ0n) is 13.4. The lowest BCUT2D eigenvalue weighted by atomic mass is 9.97. The number of carboxylic acid groups (broad SMARTS) is 1. The molecule has 1 unspecified atom stereocenters. The first-order valence-corrected chi connectivity index (χ1v) is 7.79. The van der Waals surface area contributed by atoms with E-state index in [1.807, 2.05) is 68.6 Å². The molecule has 23 heavy (non-hydrogen) atoms. The Labute approximate surface area is 136 Å². The highest BCUT2D eigenvalue weighted by molar-refractivity contribution is 5.98. The number of nitrogens with two attached hydrogens (primary N) is 1. The average molecular weight is 310 g/mol. The molecule has 0 aliphatic carbocycles. The molecule has 0 amide bonds. The Morgan fingerprint density at radius 3 is 2.48 bits per heavy atom. The van der Waals surface area contributed by atoms with Crippen molar-refractivity contribution in [2.24, 2.45) is 5.73 Å². The molecule has 3 rings (SSSR count). The number of H-pyrrole nitrogens is 1. The maximum Gasteiger partial charge on any atom is 0.320 e. The highest BCUT2D eigenvalue weighted by Gasteiger charge is 2.16. The van der Waals surface area contributed by atoms with Crippen molar-refractivity contribution in [3.63, 3.8) is 0 Å². The first-order valence-electron chi connectivity index (χ1n) is 7.79. The second-order valence-corrected chi connectivity index (χ2v) is 5.06. The standard InChI is InChI=1S/C17H16N2O2.C2H6/c18-14(17(20)21)9-12-10-19-15-8-4-7-13(16(12)15)11-5-2-1-3-6-11;1-2/h1-8,10,14,19H,9,18H2,(H,20,21);1-2H3. The van der Waals surface area contributed by atoms with Crippen LogP contribution in [-0.2, 0) is 11.2 Å². The van der Waals surface area contributed by atoms with Gasteiger partial charge in [0, 0.05) is 23.5 Å². The van der Waals surface area contributed by atoms with Gasteiger partial charge in [0.1, 0.15) is 6.04 Å². The largest absolute Gasteiger partial charge is 0.480 e. The van der Waals surface area contributed by atoms with Gasteiger partial charge in [-0.3, -0.25) is 4.79 Å². The van der Waals surface area contributed by atoms with Crippen molar-refractivity contribution in [3.8, 4) is 11.1 Å². The third-order valence-electron chi connectivity index (χ3n) is 3.63. The van der Waals surface area contributed by atoms with E-state index in [1.54, 1.807) is 0 Å². The van der Waals surface area contributed by atoms with Crippen LogP contribution in [0.4, 0.5) is 0 Å². The van der Waals surface area contributed by atoms with Crippen LogP contribution in [-0.4, -0.2) is 22.1 Å². The molecule has 4 N–H and O–H groups in total. The molecule has 0 radical (unpaired) electrons. The second kappa shape index (κ2) is 7.61. The van der Waals surface area contributed by atoms with E-state index >= 15 is 0 Å². The van der Waals surface area contributed by atoms with Crippen molar-refractivity contribution < 1.29 is 9.90 Å². The fourth-order valence-corrected chi connectivity index (χ4v) is 2.60. The second-order valence-electron chi connectivity index (χ2n) is 5.06. The molecule has 0 aliphatic rings. The molecule has 0 spiro atoms. The molecule has 2 aromatic carbocycles. The number of hydrogen-bond acceptors (Lipinski definition) is 2. The summed E-state index contributed by atoms with van der Waals surface area (Å²) in [5.74, 6) is -0.985. The lowest BCUT2D eigenvalue weighted by molar-refractivity contribution is -0.138. The molecule has 0 saturated heterocycles. The van der Waals surface area contributed by atoms with E-state index in [1.165, 1.54) is 0 Å². The number of aromatic amines is 1. The Balaban J connectivity index is 0.000000924. The molecule has 0 fully saturated rings. The van der Waals surface area contributed by atoms with Crippen molar-refractivity contribution in [2.75, 3.05) is 0 Å². The Morgan fingerprint density at radius 1 is 1.13 bits per heavy atom. The Kier molecular flexibility index (Phi) is 5.55. The first kappa shape index (κ1) is 16.8.